The number of ether oxygens (including phenoxy) is 1. The summed E-state index contributed by atoms with van der Waals surface area (Å²) in [6.45, 7) is 7.25. The van der Waals surface area contributed by atoms with Gasteiger partial charge in [-0.2, -0.15) is 5.10 Å². The fraction of sp³-hybridized carbons (Fsp3) is 0.556. The second-order valence-corrected chi connectivity index (χ2v) is 14.2. The molecule has 1 aliphatic carbocycles. The van der Waals surface area contributed by atoms with E-state index in [1.54, 1.807) is 22.0 Å². The van der Waals surface area contributed by atoms with E-state index in [1.165, 1.54) is 14.0 Å². The van der Waals surface area contributed by atoms with Crippen LogP contribution in [0.25, 0.3) is 22.0 Å². The summed E-state index contributed by atoms with van der Waals surface area (Å²) >= 11 is 0. The third-order valence-corrected chi connectivity index (χ3v) is 10.7. The molecule has 3 atom stereocenters. The number of carbonyl (C=O) groups excluding carboxylic acids is 5. The highest BCUT2D eigenvalue weighted by molar-refractivity contribution is 6.07. The number of aryl methyl sites for hydroxylation is 1. The number of carbonyl (C=O) groups is 5. The number of hydrogen-bond donors (Lipinski definition) is 0. The SMILES string of the molecule is CCC(=O)[C@@H]1C[C@]23CCC(=O)C(C)(C)CCCCCc4cc(-c5cnc(C(=O)OC)nc5)cc5c(C(C)=O)nn(c45)CC(=O)N1[C@@H]2C3. The molecule has 2 aromatic heterocycles. The number of aromatic nitrogens is 4. The van der Waals surface area contributed by atoms with Crippen LogP contribution in [0.3, 0.4) is 0 Å². The molecule has 1 saturated heterocycles. The van der Waals surface area contributed by atoms with Gasteiger partial charge in [0.1, 0.15) is 18.0 Å². The Bertz CT molecular complexity index is 1780. The minimum Gasteiger partial charge on any atom is -0.463 e. The van der Waals surface area contributed by atoms with Crippen molar-refractivity contribution in [3.8, 4) is 11.1 Å². The second-order valence-electron chi connectivity index (χ2n) is 14.2. The Morgan fingerprint density at radius 1 is 0.979 bits per heavy atom. The Labute approximate surface area is 274 Å². The van der Waals surface area contributed by atoms with E-state index in [0.717, 1.165) is 48.7 Å². The van der Waals surface area contributed by atoms with Crippen molar-refractivity contribution in [2.45, 2.75) is 111 Å². The molecular weight excluding hydrogens is 598 g/mol. The lowest BCUT2D eigenvalue weighted by Crippen LogP contribution is -2.44. The van der Waals surface area contributed by atoms with Crippen LogP contribution in [0.15, 0.2) is 24.5 Å². The van der Waals surface area contributed by atoms with E-state index in [9.17, 15) is 24.0 Å². The lowest BCUT2D eigenvalue weighted by Gasteiger charge is -2.26. The van der Waals surface area contributed by atoms with Crippen LogP contribution in [-0.4, -0.2) is 73.1 Å². The fourth-order valence-electron chi connectivity index (χ4n) is 7.78. The van der Waals surface area contributed by atoms with Crippen LogP contribution < -0.4 is 0 Å². The summed E-state index contributed by atoms with van der Waals surface area (Å²) in [5.41, 5.74) is 2.67. The summed E-state index contributed by atoms with van der Waals surface area (Å²) < 4.78 is 6.38. The van der Waals surface area contributed by atoms with Crippen molar-refractivity contribution in [2.75, 3.05) is 7.11 Å². The van der Waals surface area contributed by atoms with Crippen LogP contribution in [0.4, 0.5) is 0 Å². The second kappa shape index (κ2) is 12.4. The zero-order valence-corrected chi connectivity index (χ0v) is 27.9. The van der Waals surface area contributed by atoms with E-state index in [-0.39, 0.29) is 52.8 Å². The van der Waals surface area contributed by atoms with Gasteiger partial charge in [-0.3, -0.25) is 23.9 Å². The van der Waals surface area contributed by atoms with E-state index in [2.05, 4.69) is 9.97 Å². The van der Waals surface area contributed by atoms with Gasteiger partial charge in [-0.1, -0.05) is 33.6 Å². The molecule has 248 valence electrons. The number of rotatable bonds is 5. The lowest BCUT2D eigenvalue weighted by molar-refractivity contribution is -0.139. The maximum Gasteiger partial charge on any atom is 0.376 e. The average molecular weight is 642 g/mol. The Kier molecular flexibility index (Phi) is 8.61. The van der Waals surface area contributed by atoms with E-state index in [1.807, 2.05) is 32.9 Å². The molecule has 1 aromatic carbocycles. The Morgan fingerprint density at radius 3 is 2.40 bits per heavy atom. The van der Waals surface area contributed by atoms with Crippen LogP contribution >= 0.6 is 0 Å². The molecule has 4 heterocycles. The number of hydrogen-bond acceptors (Lipinski definition) is 9. The zero-order chi connectivity index (χ0) is 33.7. The summed E-state index contributed by atoms with van der Waals surface area (Å²) in [7, 11) is 1.27. The van der Waals surface area contributed by atoms with Gasteiger partial charge in [0.25, 0.3) is 0 Å². The summed E-state index contributed by atoms with van der Waals surface area (Å²) in [5, 5.41) is 5.34. The van der Waals surface area contributed by atoms with Gasteiger partial charge in [-0.15, -0.1) is 0 Å². The Morgan fingerprint density at radius 2 is 1.72 bits per heavy atom. The monoisotopic (exact) mass is 641 g/mol. The number of esters is 1. The van der Waals surface area contributed by atoms with E-state index in [4.69, 9.17) is 9.84 Å². The summed E-state index contributed by atoms with van der Waals surface area (Å²) in [5.74, 6) is -0.832. The standard InChI is InChI=1S/C36H43N5O6/c1-6-27(43)26-16-36-13-11-29(44)35(3,4)12-9-7-8-10-22-14-23(24-18-37-33(38-19-24)34(46)47-5)15-25-31(21(2)42)39-40(32(22)25)20-30(45)41(26)28(36)17-36/h14-15,18-19,26,28H,6-13,16-17,20H2,1-5H3/t26-,28+,36-/m0/s1. The van der Waals surface area contributed by atoms with Gasteiger partial charge < -0.3 is 9.64 Å². The predicted octanol–water partition coefficient (Wildman–Crippen LogP) is 5.31. The van der Waals surface area contributed by atoms with Gasteiger partial charge in [0, 0.05) is 54.6 Å². The number of benzene rings is 1. The van der Waals surface area contributed by atoms with Crippen molar-refractivity contribution >= 4 is 40.1 Å². The first-order chi connectivity index (χ1) is 22.4. The summed E-state index contributed by atoms with van der Waals surface area (Å²) in [4.78, 5) is 75.8. The van der Waals surface area contributed by atoms with Crippen LogP contribution in [0.5, 0.6) is 0 Å². The molecule has 0 spiro atoms. The van der Waals surface area contributed by atoms with Crippen LogP contribution in [-0.2, 0) is 32.1 Å². The Balaban J connectivity index is 1.44. The van der Waals surface area contributed by atoms with Gasteiger partial charge in [0.05, 0.1) is 18.7 Å². The van der Waals surface area contributed by atoms with Gasteiger partial charge >= 0.3 is 5.97 Å². The maximum absolute atomic E-state index is 14.2. The number of Topliss-reactive ketones (excluding diaryl/α,β-unsaturated/α-hetero) is 3. The van der Waals surface area contributed by atoms with Crippen molar-refractivity contribution in [3.63, 3.8) is 0 Å². The quantitative estimate of drug-likeness (QED) is 0.268. The largest absolute Gasteiger partial charge is 0.463 e. The summed E-state index contributed by atoms with van der Waals surface area (Å²) in [6, 6.07) is 3.29. The van der Waals surface area contributed by atoms with Gasteiger partial charge in [0.15, 0.2) is 11.6 Å². The van der Waals surface area contributed by atoms with Crippen molar-refractivity contribution in [2.24, 2.45) is 10.8 Å². The first-order valence-corrected chi connectivity index (χ1v) is 16.7. The molecule has 2 fully saturated rings. The van der Waals surface area contributed by atoms with Crippen molar-refractivity contribution in [3.05, 3.63) is 41.6 Å². The molecule has 6 rings (SSSR count). The van der Waals surface area contributed by atoms with Gasteiger partial charge in [-0.25, -0.2) is 14.8 Å². The van der Waals surface area contributed by atoms with Gasteiger partial charge in [-0.05, 0) is 67.2 Å². The molecule has 2 aliphatic heterocycles. The minimum atomic E-state index is -0.637. The zero-order valence-electron chi connectivity index (χ0n) is 27.9. The molecule has 1 saturated carbocycles. The molecule has 1 amide bonds. The normalized spacial score (nSPS) is 24.5. The highest BCUT2D eigenvalue weighted by Gasteiger charge is 2.66. The predicted molar refractivity (Wildman–Crippen MR) is 174 cm³/mol. The molecule has 0 radical (unpaired) electrons. The smallest absolute Gasteiger partial charge is 0.376 e. The minimum absolute atomic E-state index is 0.0338. The average Bonchev–Trinajstić information content (AvgIpc) is 3.47. The molecule has 3 aliphatic rings. The molecule has 0 unspecified atom stereocenters. The highest BCUT2D eigenvalue weighted by atomic mass is 16.5. The highest BCUT2D eigenvalue weighted by Crippen LogP contribution is 2.62. The van der Waals surface area contributed by atoms with Crippen LogP contribution in [0.1, 0.15) is 112 Å². The van der Waals surface area contributed by atoms with E-state index < -0.39 is 17.4 Å². The number of piperidine rings is 1. The van der Waals surface area contributed by atoms with E-state index >= 15 is 0 Å². The fourth-order valence-corrected chi connectivity index (χ4v) is 7.78. The van der Waals surface area contributed by atoms with Crippen molar-refractivity contribution < 1.29 is 28.7 Å². The van der Waals surface area contributed by atoms with Crippen LogP contribution in [0.2, 0.25) is 0 Å². The molecule has 2 bridgehead atoms. The molecule has 11 heteroatoms. The molecular formula is C36H43N5O6. The third kappa shape index (κ3) is 6.00. The first kappa shape index (κ1) is 32.7. The third-order valence-electron chi connectivity index (χ3n) is 10.7. The van der Waals surface area contributed by atoms with Crippen molar-refractivity contribution in [1.82, 2.24) is 24.6 Å². The first-order valence-electron chi connectivity index (χ1n) is 16.7. The van der Waals surface area contributed by atoms with E-state index in [0.29, 0.717) is 43.1 Å². The molecule has 0 N–H and O–H groups in total. The molecule has 11 nitrogen and oxygen atoms in total. The number of ketones is 3. The van der Waals surface area contributed by atoms with Crippen LogP contribution in [0, 0.1) is 10.8 Å². The number of methoxy groups -OCH3 is 1. The van der Waals surface area contributed by atoms with Crippen molar-refractivity contribution in [1.29, 1.82) is 0 Å². The molecule has 47 heavy (non-hydrogen) atoms. The lowest BCUT2D eigenvalue weighted by atomic mass is 9.79. The van der Waals surface area contributed by atoms with Gasteiger partial charge in [0.2, 0.25) is 11.7 Å². The molecule has 3 aromatic rings. The number of amides is 1. The Hall–Kier alpha value is -4.28. The summed E-state index contributed by atoms with van der Waals surface area (Å²) in [6.07, 6.45) is 10.0. The number of nitrogens with zero attached hydrogens (tertiary/aromatic N) is 5. The maximum atomic E-state index is 14.2. The topological polar surface area (TPSA) is 141 Å².